The maximum Gasteiger partial charge on any atom is 0.273 e. The molecule has 112 valence electrons. The lowest BCUT2D eigenvalue weighted by Crippen LogP contribution is -2.13. The Morgan fingerprint density at radius 2 is 1.91 bits per heavy atom. The van der Waals surface area contributed by atoms with Gasteiger partial charge in [-0.05, 0) is 31.0 Å². The molecule has 0 radical (unpaired) electrons. The first-order chi connectivity index (χ1) is 10.5. The zero-order valence-corrected chi connectivity index (χ0v) is 13.0. The summed E-state index contributed by atoms with van der Waals surface area (Å²) in [6.45, 7) is 4.08. The van der Waals surface area contributed by atoms with Crippen LogP contribution in [0.4, 0.5) is 5.88 Å². The van der Waals surface area contributed by atoms with Crippen molar-refractivity contribution in [3.63, 3.8) is 0 Å². The third kappa shape index (κ3) is 2.48. The third-order valence-electron chi connectivity index (χ3n) is 3.33. The third-order valence-corrected chi connectivity index (χ3v) is 4.60. The minimum Gasteiger partial charge on any atom is -0.419 e. The number of oxazole rings is 1. The molecular weight excluding hydrogens is 298 g/mol. The molecule has 22 heavy (non-hydrogen) atoms. The van der Waals surface area contributed by atoms with E-state index in [1.165, 1.54) is 5.56 Å². The van der Waals surface area contributed by atoms with Gasteiger partial charge in [0.25, 0.3) is 5.91 Å². The van der Waals surface area contributed by atoms with E-state index in [0.717, 1.165) is 20.9 Å². The van der Waals surface area contributed by atoms with Crippen molar-refractivity contribution in [1.82, 2.24) is 4.98 Å². The van der Waals surface area contributed by atoms with Crippen molar-refractivity contribution in [2.45, 2.75) is 13.8 Å². The summed E-state index contributed by atoms with van der Waals surface area (Å²) < 4.78 is 5.36. The maximum absolute atomic E-state index is 11.2. The van der Waals surface area contributed by atoms with E-state index in [9.17, 15) is 4.79 Å². The van der Waals surface area contributed by atoms with Crippen molar-refractivity contribution >= 4 is 23.1 Å². The molecule has 0 saturated heterocycles. The Morgan fingerprint density at radius 1 is 1.23 bits per heavy atom. The van der Waals surface area contributed by atoms with Crippen molar-refractivity contribution in [3.05, 3.63) is 47.2 Å². The number of carbonyl (C=O) groups is 1. The van der Waals surface area contributed by atoms with Gasteiger partial charge in [-0.3, -0.25) is 4.79 Å². The molecule has 3 aromatic rings. The molecule has 0 unspecified atom stereocenters. The van der Waals surface area contributed by atoms with Crippen molar-refractivity contribution in [1.29, 1.82) is 0 Å². The molecule has 2 heterocycles. The largest absolute Gasteiger partial charge is 0.419 e. The molecule has 4 N–H and O–H groups in total. The Kier molecular flexibility index (Phi) is 3.46. The zero-order valence-electron chi connectivity index (χ0n) is 12.2. The van der Waals surface area contributed by atoms with Gasteiger partial charge in [-0.25, -0.2) is 4.98 Å². The SMILES string of the molecule is Cc1ccc(-c2sc(-c3nc(C(N)=O)c(N)o3)cc2C)cc1. The number of nitrogens with zero attached hydrogens (tertiary/aromatic N) is 1. The van der Waals surface area contributed by atoms with Gasteiger partial charge in [-0.1, -0.05) is 29.8 Å². The second-order valence-electron chi connectivity index (χ2n) is 5.08. The first-order valence-electron chi connectivity index (χ1n) is 6.69. The van der Waals surface area contributed by atoms with Crippen LogP contribution in [0.3, 0.4) is 0 Å². The molecule has 1 amide bonds. The summed E-state index contributed by atoms with van der Waals surface area (Å²) in [4.78, 5) is 17.2. The molecule has 0 spiro atoms. The van der Waals surface area contributed by atoms with E-state index in [0.29, 0.717) is 5.89 Å². The average Bonchev–Trinajstić information content (AvgIpc) is 3.03. The lowest BCUT2D eigenvalue weighted by molar-refractivity contribution is 0.0996. The van der Waals surface area contributed by atoms with Gasteiger partial charge < -0.3 is 15.9 Å². The molecule has 0 aliphatic rings. The summed E-state index contributed by atoms with van der Waals surface area (Å²) in [5.41, 5.74) is 14.3. The molecule has 3 rings (SSSR count). The number of amides is 1. The standard InChI is InChI=1S/C16H15N3O2S/c1-8-3-5-10(6-4-8)13-9(2)7-11(22-13)16-19-12(14(17)20)15(18)21-16/h3-7H,18H2,1-2H3,(H2,17,20). The highest BCUT2D eigenvalue weighted by molar-refractivity contribution is 7.19. The molecule has 0 saturated carbocycles. The number of aromatic nitrogens is 1. The molecule has 0 aliphatic heterocycles. The molecule has 2 aromatic heterocycles. The number of hydrogen-bond donors (Lipinski definition) is 2. The van der Waals surface area contributed by atoms with Crippen LogP contribution in [-0.2, 0) is 0 Å². The van der Waals surface area contributed by atoms with Gasteiger partial charge in [-0.15, -0.1) is 11.3 Å². The van der Waals surface area contributed by atoms with Crippen LogP contribution in [0.15, 0.2) is 34.7 Å². The minimum atomic E-state index is -0.695. The molecule has 1 aromatic carbocycles. The number of aryl methyl sites for hydroxylation is 2. The van der Waals surface area contributed by atoms with Crippen LogP contribution in [-0.4, -0.2) is 10.9 Å². The Hall–Kier alpha value is -2.60. The summed E-state index contributed by atoms with van der Waals surface area (Å²) in [5, 5.41) is 0. The zero-order chi connectivity index (χ0) is 15.9. The van der Waals surface area contributed by atoms with E-state index in [2.05, 4.69) is 36.2 Å². The van der Waals surface area contributed by atoms with Crippen LogP contribution in [0.1, 0.15) is 21.6 Å². The van der Waals surface area contributed by atoms with Crippen LogP contribution in [0.25, 0.3) is 21.2 Å². The van der Waals surface area contributed by atoms with E-state index in [4.69, 9.17) is 15.9 Å². The smallest absolute Gasteiger partial charge is 0.273 e. The van der Waals surface area contributed by atoms with Gasteiger partial charge in [0.1, 0.15) is 0 Å². The Balaban J connectivity index is 2.04. The van der Waals surface area contributed by atoms with Crippen molar-refractivity contribution < 1.29 is 9.21 Å². The molecular formula is C16H15N3O2S. The van der Waals surface area contributed by atoms with Crippen molar-refractivity contribution in [2.24, 2.45) is 5.73 Å². The van der Waals surface area contributed by atoms with Gasteiger partial charge in [0.15, 0.2) is 5.69 Å². The second-order valence-corrected chi connectivity index (χ2v) is 6.14. The highest BCUT2D eigenvalue weighted by Crippen LogP contribution is 2.38. The lowest BCUT2D eigenvalue weighted by Gasteiger charge is -1.99. The van der Waals surface area contributed by atoms with Gasteiger partial charge >= 0.3 is 0 Å². The highest BCUT2D eigenvalue weighted by atomic mass is 32.1. The minimum absolute atomic E-state index is 0.0297. The van der Waals surface area contributed by atoms with Crippen LogP contribution in [0, 0.1) is 13.8 Å². The van der Waals surface area contributed by atoms with Crippen LogP contribution >= 0.6 is 11.3 Å². The number of carbonyl (C=O) groups excluding carboxylic acids is 1. The quantitative estimate of drug-likeness (QED) is 0.775. The Labute approximate surface area is 131 Å². The maximum atomic E-state index is 11.2. The van der Waals surface area contributed by atoms with Gasteiger partial charge in [0.05, 0.1) is 4.88 Å². The fourth-order valence-electron chi connectivity index (χ4n) is 2.19. The first kappa shape index (κ1) is 14.3. The average molecular weight is 313 g/mol. The number of anilines is 1. The summed E-state index contributed by atoms with van der Waals surface area (Å²) in [7, 11) is 0. The summed E-state index contributed by atoms with van der Waals surface area (Å²) in [6.07, 6.45) is 0. The number of primary amides is 1. The topological polar surface area (TPSA) is 95.1 Å². The van der Waals surface area contributed by atoms with E-state index in [1.54, 1.807) is 11.3 Å². The molecule has 0 fully saturated rings. The molecule has 6 heteroatoms. The monoisotopic (exact) mass is 313 g/mol. The van der Waals surface area contributed by atoms with Crippen molar-refractivity contribution in [2.75, 3.05) is 5.73 Å². The number of nitrogen functional groups attached to an aromatic ring is 1. The van der Waals surface area contributed by atoms with E-state index in [1.807, 2.05) is 13.0 Å². The van der Waals surface area contributed by atoms with Gasteiger partial charge in [0, 0.05) is 4.88 Å². The fourth-order valence-corrected chi connectivity index (χ4v) is 3.30. The molecule has 0 atom stereocenters. The van der Waals surface area contributed by atoms with E-state index < -0.39 is 5.91 Å². The predicted octanol–water partition coefficient (Wildman–Crippen LogP) is 3.37. The summed E-state index contributed by atoms with van der Waals surface area (Å²) in [5.74, 6) is -0.428. The number of thiophene rings is 1. The number of nitrogens with two attached hydrogens (primary N) is 2. The molecule has 5 nitrogen and oxygen atoms in total. The van der Waals surface area contributed by atoms with Gasteiger partial charge in [-0.2, -0.15) is 0 Å². The summed E-state index contributed by atoms with van der Waals surface area (Å²) in [6, 6.07) is 10.3. The normalized spacial score (nSPS) is 10.8. The molecule has 0 aliphatic carbocycles. The van der Waals surface area contributed by atoms with Crippen LogP contribution in [0.2, 0.25) is 0 Å². The molecule has 0 bridgehead atoms. The van der Waals surface area contributed by atoms with Crippen molar-refractivity contribution in [3.8, 4) is 21.2 Å². The lowest BCUT2D eigenvalue weighted by atomic mass is 10.1. The van der Waals surface area contributed by atoms with E-state index >= 15 is 0 Å². The highest BCUT2D eigenvalue weighted by Gasteiger charge is 2.19. The van der Waals surface area contributed by atoms with E-state index in [-0.39, 0.29) is 11.6 Å². The number of hydrogen-bond acceptors (Lipinski definition) is 5. The predicted molar refractivity (Wildman–Crippen MR) is 87.7 cm³/mol. The van der Waals surface area contributed by atoms with Gasteiger partial charge in [0.2, 0.25) is 11.8 Å². The first-order valence-corrected chi connectivity index (χ1v) is 7.51. The summed E-state index contributed by atoms with van der Waals surface area (Å²) >= 11 is 1.54. The number of rotatable bonds is 3. The fraction of sp³-hybridized carbons (Fsp3) is 0.125. The van der Waals surface area contributed by atoms with Crippen LogP contribution in [0.5, 0.6) is 0 Å². The Bertz CT molecular complexity index is 847. The Morgan fingerprint density at radius 3 is 2.50 bits per heavy atom. The van der Waals surface area contributed by atoms with Crippen LogP contribution < -0.4 is 11.5 Å². The number of benzene rings is 1. The second kappa shape index (κ2) is 5.31.